The molecule has 0 aliphatic rings. The maximum atomic E-state index is 12.8. The Morgan fingerprint density at radius 1 is 1.14 bits per heavy atom. The average Bonchev–Trinajstić information content (AvgIpc) is 2.46. The van der Waals surface area contributed by atoms with Gasteiger partial charge in [-0.15, -0.1) is 0 Å². The van der Waals surface area contributed by atoms with Gasteiger partial charge in [0.25, 0.3) is 0 Å². The van der Waals surface area contributed by atoms with Gasteiger partial charge >= 0.3 is 6.18 Å². The van der Waals surface area contributed by atoms with E-state index in [1.165, 1.54) is 6.07 Å². The van der Waals surface area contributed by atoms with E-state index in [-0.39, 0.29) is 11.6 Å². The van der Waals surface area contributed by atoms with Crippen molar-refractivity contribution in [1.82, 2.24) is 9.97 Å². The van der Waals surface area contributed by atoms with Crippen molar-refractivity contribution in [1.29, 1.82) is 0 Å². The topological polar surface area (TPSA) is 67.1 Å². The molecule has 1 heterocycles. The van der Waals surface area contributed by atoms with E-state index in [2.05, 4.69) is 15.4 Å². The summed E-state index contributed by atoms with van der Waals surface area (Å²) in [5, 5.41) is 0. The molecule has 0 saturated carbocycles. The second kappa shape index (κ2) is 8.02. The number of anilines is 2. The van der Waals surface area contributed by atoms with E-state index < -0.39 is 12.0 Å². The lowest BCUT2D eigenvalue weighted by atomic mass is 10.2. The van der Waals surface area contributed by atoms with Gasteiger partial charge in [0.15, 0.2) is 0 Å². The van der Waals surface area contributed by atoms with Crippen LogP contribution in [0.3, 0.4) is 0 Å². The first-order chi connectivity index (χ1) is 9.92. The highest BCUT2D eigenvalue weighted by molar-refractivity contribution is 5.49. The van der Waals surface area contributed by atoms with Crippen LogP contribution in [0, 0.1) is 0 Å². The molecule has 0 aliphatic carbocycles. The second-order valence-electron chi connectivity index (χ2n) is 4.77. The van der Waals surface area contributed by atoms with Crippen molar-refractivity contribution < 1.29 is 13.2 Å². The molecular formula is C13H22F3N5. The maximum absolute atomic E-state index is 12.8. The Balaban J connectivity index is 3.09. The Hall–Kier alpha value is -1.57. The van der Waals surface area contributed by atoms with E-state index >= 15 is 0 Å². The van der Waals surface area contributed by atoms with Crippen molar-refractivity contribution in [2.24, 2.45) is 5.84 Å². The third kappa shape index (κ3) is 5.37. The summed E-state index contributed by atoms with van der Waals surface area (Å²) in [6, 6.07) is 1.44. The fourth-order valence-electron chi connectivity index (χ4n) is 1.84. The number of nitrogens with zero attached hydrogens (tertiary/aromatic N) is 3. The monoisotopic (exact) mass is 305 g/mol. The van der Waals surface area contributed by atoms with Gasteiger partial charge in [-0.25, -0.2) is 15.8 Å². The van der Waals surface area contributed by atoms with Crippen molar-refractivity contribution in [3.8, 4) is 0 Å². The number of unbranched alkanes of at least 4 members (excludes halogenated alkanes) is 2. The van der Waals surface area contributed by atoms with E-state index in [0.717, 1.165) is 25.7 Å². The van der Waals surface area contributed by atoms with Crippen LogP contribution in [0.25, 0.3) is 0 Å². The summed E-state index contributed by atoms with van der Waals surface area (Å²) >= 11 is 0. The number of hydrazine groups is 1. The Morgan fingerprint density at radius 3 is 2.14 bits per heavy atom. The summed E-state index contributed by atoms with van der Waals surface area (Å²) in [5.74, 6) is 4.25. The van der Waals surface area contributed by atoms with Gasteiger partial charge in [-0.1, -0.05) is 26.7 Å². The molecule has 0 atom stereocenters. The Morgan fingerprint density at radius 2 is 1.71 bits per heavy atom. The van der Waals surface area contributed by atoms with Crippen molar-refractivity contribution in [2.45, 2.75) is 45.7 Å². The Bertz CT molecular complexity index is 428. The predicted octanol–water partition coefficient (Wildman–Crippen LogP) is 3.19. The number of nitrogens with one attached hydrogen (secondary N) is 1. The van der Waals surface area contributed by atoms with Crippen LogP contribution in [0.5, 0.6) is 0 Å². The summed E-state index contributed by atoms with van der Waals surface area (Å²) in [6.07, 6.45) is -0.895. The largest absolute Gasteiger partial charge is 0.451 e. The summed E-state index contributed by atoms with van der Waals surface area (Å²) in [4.78, 5) is 8.87. The fraction of sp³-hybridized carbons (Fsp3) is 0.692. The van der Waals surface area contributed by atoms with Gasteiger partial charge in [0.2, 0.25) is 5.82 Å². The molecule has 0 spiro atoms. The smallest absolute Gasteiger partial charge is 0.356 e. The molecule has 0 amide bonds. The van der Waals surface area contributed by atoms with Gasteiger partial charge < -0.3 is 10.3 Å². The summed E-state index contributed by atoms with van der Waals surface area (Å²) in [7, 11) is 0. The minimum Gasteiger partial charge on any atom is -0.356 e. The molecule has 0 bridgehead atoms. The molecule has 1 rings (SSSR count). The predicted molar refractivity (Wildman–Crippen MR) is 76.9 cm³/mol. The van der Waals surface area contributed by atoms with Crippen LogP contribution in [0.2, 0.25) is 0 Å². The highest BCUT2D eigenvalue weighted by Gasteiger charge is 2.35. The van der Waals surface area contributed by atoms with E-state index in [4.69, 9.17) is 5.84 Å². The number of alkyl halides is 3. The zero-order valence-electron chi connectivity index (χ0n) is 12.4. The first kappa shape index (κ1) is 17.5. The van der Waals surface area contributed by atoms with Crippen LogP contribution in [0.1, 0.15) is 45.4 Å². The molecule has 0 aliphatic heterocycles. The SMILES string of the molecule is CCCCN(CCCC)c1cc(NN)nc(C(F)(F)F)n1. The van der Waals surface area contributed by atoms with Crippen molar-refractivity contribution in [3.05, 3.63) is 11.9 Å². The normalized spacial score (nSPS) is 11.5. The molecule has 5 nitrogen and oxygen atoms in total. The molecule has 1 aromatic rings. The number of hydrogen-bond donors (Lipinski definition) is 2. The van der Waals surface area contributed by atoms with Crippen molar-refractivity contribution >= 4 is 11.6 Å². The third-order valence-corrected chi connectivity index (χ3v) is 3.00. The van der Waals surface area contributed by atoms with Crippen LogP contribution < -0.4 is 16.2 Å². The Labute approximate surface area is 122 Å². The highest BCUT2D eigenvalue weighted by atomic mass is 19.4. The molecule has 0 radical (unpaired) electrons. The van der Waals surface area contributed by atoms with Crippen molar-refractivity contribution in [3.63, 3.8) is 0 Å². The standard InChI is InChI=1S/C13H22F3N5/c1-3-5-7-21(8-6-4-2)11-9-10(20-17)18-12(19-11)13(14,15)16/h9H,3-8,17H2,1-2H3,(H,18,19,20). The molecule has 1 aromatic heterocycles. The van der Waals surface area contributed by atoms with Crippen molar-refractivity contribution in [2.75, 3.05) is 23.4 Å². The second-order valence-corrected chi connectivity index (χ2v) is 4.77. The lowest BCUT2D eigenvalue weighted by Gasteiger charge is -2.24. The van der Waals surface area contributed by atoms with Gasteiger partial charge in [-0.3, -0.25) is 0 Å². The molecule has 8 heteroatoms. The van der Waals surface area contributed by atoms with Crippen LogP contribution in [0.4, 0.5) is 24.8 Å². The summed E-state index contributed by atoms with van der Waals surface area (Å²) < 4.78 is 38.5. The zero-order valence-corrected chi connectivity index (χ0v) is 12.4. The minimum atomic E-state index is -4.59. The lowest BCUT2D eigenvalue weighted by Crippen LogP contribution is -2.28. The first-order valence-corrected chi connectivity index (χ1v) is 7.10. The zero-order chi connectivity index (χ0) is 15.9. The van der Waals surface area contributed by atoms with Gasteiger partial charge in [0.1, 0.15) is 11.6 Å². The number of hydrogen-bond acceptors (Lipinski definition) is 5. The minimum absolute atomic E-state index is 0.0367. The van der Waals surface area contributed by atoms with E-state index in [0.29, 0.717) is 13.1 Å². The molecule has 0 unspecified atom stereocenters. The van der Waals surface area contributed by atoms with E-state index in [1.54, 1.807) is 0 Å². The number of aromatic nitrogens is 2. The molecule has 120 valence electrons. The summed E-state index contributed by atoms with van der Waals surface area (Å²) in [5.41, 5.74) is 2.17. The molecule has 0 fully saturated rings. The van der Waals surface area contributed by atoms with E-state index in [9.17, 15) is 13.2 Å². The van der Waals surface area contributed by atoms with Gasteiger partial charge in [-0.05, 0) is 12.8 Å². The molecular weight excluding hydrogens is 283 g/mol. The average molecular weight is 305 g/mol. The van der Waals surface area contributed by atoms with Crippen LogP contribution >= 0.6 is 0 Å². The van der Waals surface area contributed by atoms with Crippen LogP contribution in [-0.2, 0) is 6.18 Å². The highest BCUT2D eigenvalue weighted by Crippen LogP contribution is 2.29. The van der Waals surface area contributed by atoms with Gasteiger partial charge in [-0.2, -0.15) is 13.2 Å². The third-order valence-electron chi connectivity index (χ3n) is 3.00. The maximum Gasteiger partial charge on any atom is 0.451 e. The number of halogens is 3. The first-order valence-electron chi connectivity index (χ1n) is 7.10. The lowest BCUT2D eigenvalue weighted by molar-refractivity contribution is -0.144. The quantitative estimate of drug-likeness (QED) is 0.570. The van der Waals surface area contributed by atoms with Gasteiger partial charge in [0.05, 0.1) is 0 Å². The fourth-order valence-corrected chi connectivity index (χ4v) is 1.84. The Kier molecular flexibility index (Phi) is 6.67. The number of nitrogen functional groups attached to an aromatic ring is 1. The molecule has 0 aromatic carbocycles. The number of rotatable bonds is 8. The van der Waals surface area contributed by atoms with Crippen LogP contribution in [0.15, 0.2) is 6.07 Å². The number of nitrogens with two attached hydrogens (primary N) is 1. The van der Waals surface area contributed by atoms with Crippen LogP contribution in [-0.4, -0.2) is 23.1 Å². The summed E-state index contributed by atoms with van der Waals surface area (Å²) in [6.45, 7) is 5.39. The van der Waals surface area contributed by atoms with E-state index in [1.807, 2.05) is 18.7 Å². The molecule has 3 N–H and O–H groups in total. The molecule has 0 saturated heterocycles. The molecule has 21 heavy (non-hydrogen) atoms. The van der Waals surface area contributed by atoms with Gasteiger partial charge in [0, 0.05) is 19.2 Å².